The van der Waals surface area contributed by atoms with Crippen molar-refractivity contribution in [3.05, 3.63) is 53.1 Å². The number of benzene rings is 1. The molecule has 1 aromatic carbocycles. The lowest BCUT2D eigenvalue weighted by atomic mass is 10.1. The van der Waals surface area contributed by atoms with Gasteiger partial charge < -0.3 is 10.1 Å². The molecule has 0 aliphatic rings. The second-order valence-electron chi connectivity index (χ2n) is 6.19. The van der Waals surface area contributed by atoms with Crippen LogP contribution in [-0.2, 0) is 20.7 Å². The number of rotatable bonds is 5. The fourth-order valence-electron chi connectivity index (χ4n) is 2.77. The minimum Gasteiger partial charge on any atom is -0.452 e. The largest absolute Gasteiger partial charge is 0.452 e. The van der Waals surface area contributed by atoms with Crippen LogP contribution >= 0.6 is 0 Å². The van der Waals surface area contributed by atoms with Crippen LogP contribution < -0.4 is 5.32 Å². The molecule has 0 saturated carbocycles. The Labute approximate surface area is 161 Å². The molecule has 0 spiro atoms. The van der Waals surface area contributed by atoms with E-state index in [4.69, 9.17) is 10.00 Å². The van der Waals surface area contributed by atoms with Crippen molar-refractivity contribution in [2.75, 3.05) is 5.32 Å². The highest BCUT2D eigenvalue weighted by Crippen LogP contribution is 2.16. The van der Waals surface area contributed by atoms with E-state index < -0.39 is 18.0 Å². The summed E-state index contributed by atoms with van der Waals surface area (Å²) in [6, 6.07) is 8.59. The lowest BCUT2D eigenvalue weighted by molar-refractivity contribution is -0.152. The van der Waals surface area contributed by atoms with Gasteiger partial charge in [0.15, 0.2) is 6.10 Å². The zero-order chi connectivity index (χ0) is 20.3. The lowest BCUT2D eigenvalue weighted by Crippen LogP contribution is -2.31. The van der Waals surface area contributed by atoms with Gasteiger partial charge in [-0.05, 0) is 32.9 Å². The molecule has 2 heterocycles. The maximum absolute atomic E-state index is 12.4. The summed E-state index contributed by atoms with van der Waals surface area (Å²) in [5.74, 6) is -0.631. The molecule has 1 N–H and O–H groups in total. The van der Waals surface area contributed by atoms with Gasteiger partial charge in [-0.25, -0.2) is 9.50 Å². The smallest absolute Gasteiger partial charge is 0.311 e. The minimum absolute atomic E-state index is 0.0487. The molecule has 3 rings (SSSR count). The number of nitrogens with zero attached hydrogens (tertiary/aromatic N) is 5. The van der Waals surface area contributed by atoms with Crippen LogP contribution in [0.5, 0.6) is 0 Å². The van der Waals surface area contributed by atoms with Gasteiger partial charge in [0.2, 0.25) is 0 Å². The van der Waals surface area contributed by atoms with Crippen LogP contribution in [-0.4, -0.2) is 37.6 Å². The van der Waals surface area contributed by atoms with E-state index in [1.54, 1.807) is 35.7 Å². The number of anilines is 1. The van der Waals surface area contributed by atoms with E-state index >= 15 is 0 Å². The number of fused-ring (bicyclic) bond motifs is 1. The Hall–Kier alpha value is -3.80. The number of para-hydroxylation sites is 1. The number of hydrogen-bond acceptors (Lipinski definition) is 7. The van der Waals surface area contributed by atoms with E-state index in [1.165, 1.54) is 13.3 Å². The maximum atomic E-state index is 12.4. The van der Waals surface area contributed by atoms with Crippen LogP contribution in [0.3, 0.4) is 0 Å². The van der Waals surface area contributed by atoms with Crippen molar-refractivity contribution in [2.24, 2.45) is 0 Å². The van der Waals surface area contributed by atoms with E-state index in [0.717, 1.165) is 5.69 Å². The molecular formula is C19H18N6O3. The standard InChI is InChI=1S/C19H18N6O3/c1-11-15(12(2)25-19(23-11)21-10-22-25)8-17(26)28-13(3)18(27)24-16-7-5-4-6-14(16)9-20/h4-7,10,13H,8H2,1-3H3,(H,24,27)/t13-/m1/s1. The van der Waals surface area contributed by atoms with E-state index in [1.807, 2.05) is 13.0 Å². The first-order valence-electron chi connectivity index (χ1n) is 8.56. The third-order valence-electron chi connectivity index (χ3n) is 4.29. The number of carbonyl (C=O) groups excluding carboxylic acids is 2. The number of nitriles is 1. The van der Waals surface area contributed by atoms with Gasteiger partial charge in [-0.3, -0.25) is 9.59 Å². The summed E-state index contributed by atoms with van der Waals surface area (Å²) in [6.45, 7) is 5.06. The summed E-state index contributed by atoms with van der Waals surface area (Å²) in [6.07, 6.45) is 0.317. The van der Waals surface area contributed by atoms with Crippen LogP contribution in [0.4, 0.5) is 5.69 Å². The van der Waals surface area contributed by atoms with Crippen molar-refractivity contribution in [1.82, 2.24) is 19.6 Å². The molecule has 142 valence electrons. The summed E-state index contributed by atoms with van der Waals surface area (Å²) in [5.41, 5.74) is 2.75. The molecule has 28 heavy (non-hydrogen) atoms. The summed E-state index contributed by atoms with van der Waals surface area (Å²) in [5, 5.41) is 15.8. The Morgan fingerprint density at radius 3 is 2.82 bits per heavy atom. The van der Waals surface area contributed by atoms with E-state index in [9.17, 15) is 9.59 Å². The van der Waals surface area contributed by atoms with Crippen LogP contribution in [0.25, 0.3) is 5.78 Å². The van der Waals surface area contributed by atoms with Crippen LogP contribution in [0.2, 0.25) is 0 Å². The predicted molar refractivity (Wildman–Crippen MR) is 99.3 cm³/mol. The number of aromatic nitrogens is 4. The Balaban J connectivity index is 1.68. The van der Waals surface area contributed by atoms with Gasteiger partial charge in [0.25, 0.3) is 11.7 Å². The third kappa shape index (κ3) is 3.81. The molecule has 0 radical (unpaired) electrons. The van der Waals surface area contributed by atoms with Crippen molar-refractivity contribution in [1.29, 1.82) is 5.26 Å². The summed E-state index contributed by atoms with van der Waals surface area (Å²) in [7, 11) is 0. The molecule has 0 saturated heterocycles. The zero-order valence-electron chi connectivity index (χ0n) is 15.6. The monoisotopic (exact) mass is 378 g/mol. The molecule has 0 unspecified atom stereocenters. The Morgan fingerprint density at radius 2 is 2.07 bits per heavy atom. The molecule has 3 aromatic rings. The minimum atomic E-state index is -1.03. The average molecular weight is 378 g/mol. The molecular weight excluding hydrogens is 360 g/mol. The first kappa shape index (κ1) is 19.0. The third-order valence-corrected chi connectivity index (χ3v) is 4.29. The van der Waals surface area contributed by atoms with Gasteiger partial charge in [0, 0.05) is 17.0 Å². The molecule has 9 nitrogen and oxygen atoms in total. The highest BCUT2D eigenvalue weighted by molar-refractivity contribution is 5.96. The fraction of sp³-hybridized carbons (Fsp3) is 0.263. The molecule has 0 fully saturated rings. The van der Waals surface area contributed by atoms with Crippen LogP contribution in [0.15, 0.2) is 30.6 Å². The van der Waals surface area contributed by atoms with Crippen molar-refractivity contribution < 1.29 is 14.3 Å². The molecule has 2 aromatic heterocycles. The fourth-order valence-corrected chi connectivity index (χ4v) is 2.77. The van der Waals surface area contributed by atoms with Gasteiger partial charge >= 0.3 is 5.97 Å². The molecule has 0 bridgehead atoms. The lowest BCUT2D eigenvalue weighted by Gasteiger charge is -2.15. The number of carbonyl (C=O) groups is 2. The second kappa shape index (κ2) is 7.84. The molecule has 1 atom stereocenters. The van der Waals surface area contributed by atoms with Gasteiger partial charge in [-0.1, -0.05) is 12.1 Å². The number of nitrogens with one attached hydrogen (secondary N) is 1. The summed E-state index contributed by atoms with van der Waals surface area (Å²) >= 11 is 0. The van der Waals surface area contributed by atoms with E-state index in [2.05, 4.69) is 20.4 Å². The SMILES string of the molecule is Cc1nc2ncnn2c(C)c1CC(=O)O[C@H](C)C(=O)Nc1ccccc1C#N. The van der Waals surface area contributed by atoms with E-state index in [0.29, 0.717) is 28.3 Å². The highest BCUT2D eigenvalue weighted by atomic mass is 16.5. The van der Waals surface area contributed by atoms with Crippen molar-refractivity contribution >= 4 is 23.3 Å². The molecule has 0 aliphatic heterocycles. The van der Waals surface area contributed by atoms with Crippen molar-refractivity contribution in [2.45, 2.75) is 33.3 Å². The average Bonchev–Trinajstić information content (AvgIpc) is 3.14. The first-order chi connectivity index (χ1) is 13.4. The number of esters is 1. The van der Waals surface area contributed by atoms with Crippen LogP contribution in [0, 0.1) is 25.2 Å². The number of aryl methyl sites for hydroxylation is 2. The first-order valence-corrected chi connectivity index (χ1v) is 8.56. The predicted octanol–water partition coefficient (Wildman–Crippen LogP) is 1.73. The topological polar surface area (TPSA) is 122 Å². The maximum Gasteiger partial charge on any atom is 0.311 e. The number of amides is 1. The van der Waals surface area contributed by atoms with E-state index in [-0.39, 0.29) is 6.42 Å². The Kier molecular flexibility index (Phi) is 5.31. The molecule has 0 aliphatic carbocycles. The van der Waals surface area contributed by atoms with Gasteiger partial charge in [0.1, 0.15) is 12.4 Å². The van der Waals surface area contributed by atoms with Gasteiger partial charge in [0.05, 0.1) is 17.7 Å². The Bertz CT molecular complexity index is 1100. The second-order valence-corrected chi connectivity index (χ2v) is 6.19. The number of hydrogen-bond donors (Lipinski definition) is 1. The highest BCUT2D eigenvalue weighted by Gasteiger charge is 2.21. The molecule has 9 heteroatoms. The van der Waals surface area contributed by atoms with Gasteiger partial charge in [-0.15, -0.1) is 0 Å². The van der Waals surface area contributed by atoms with Crippen molar-refractivity contribution in [3.8, 4) is 6.07 Å². The molecule has 1 amide bonds. The summed E-state index contributed by atoms with van der Waals surface area (Å²) in [4.78, 5) is 33.0. The quantitative estimate of drug-likeness (QED) is 0.671. The number of ether oxygens (including phenoxy) is 1. The van der Waals surface area contributed by atoms with Gasteiger partial charge in [-0.2, -0.15) is 15.3 Å². The van der Waals surface area contributed by atoms with Crippen LogP contribution in [0.1, 0.15) is 29.4 Å². The van der Waals surface area contributed by atoms with Crippen molar-refractivity contribution in [3.63, 3.8) is 0 Å². The Morgan fingerprint density at radius 1 is 1.32 bits per heavy atom. The summed E-state index contributed by atoms with van der Waals surface area (Å²) < 4.78 is 6.80. The zero-order valence-corrected chi connectivity index (χ0v) is 15.6. The normalized spacial score (nSPS) is 11.6.